The van der Waals surface area contributed by atoms with E-state index >= 15 is 0 Å². The fourth-order valence-electron chi connectivity index (χ4n) is 2.79. The van der Waals surface area contributed by atoms with Crippen molar-refractivity contribution < 1.29 is 9.13 Å². The van der Waals surface area contributed by atoms with Crippen LogP contribution in [-0.2, 0) is 6.42 Å². The lowest BCUT2D eigenvalue weighted by Gasteiger charge is -2.07. The van der Waals surface area contributed by atoms with Crippen LogP contribution in [-0.4, -0.2) is 4.98 Å². The highest BCUT2D eigenvalue weighted by Crippen LogP contribution is 2.39. The number of rotatable bonds is 5. The summed E-state index contributed by atoms with van der Waals surface area (Å²) in [6, 6.07) is 16.0. The van der Waals surface area contributed by atoms with Crippen LogP contribution in [0.5, 0.6) is 11.5 Å². The van der Waals surface area contributed by atoms with Gasteiger partial charge in [-0.2, -0.15) is 0 Å². The molecule has 0 bridgehead atoms. The van der Waals surface area contributed by atoms with Gasteiger partial charge in [0.15, 0.2) is 11.6 Å². The Morgan fingerprint density at radius 2 is 1.89 bits per heavy atom. The number of hydrogen-bond donors (Lipinski definition) is 0. The molecule has 0 saturated carbocycles. The minimum Gasteiger partial charge on any atom is -0.453 e. The van der Waals surface area contributed by atoms with Gasteiger partial charge in [0.25, 0.3) is 0 Å². The summed E-state index contributed by atoms with van der Waals surface area (Å²) < 4.78 is 20.7. The third kappa shape index (κ3) is 3.44. The average molecular weight is 378 g/mol. The summed E-state index contributed by atoms with van der Waals surface area (Å²) >= 11 is 1.54. The van der Waals surface area contributed by atoms with Crippen LogP contribution in [0.2, 0.25) is 0 Å². The summed E-state index contributed by atoms with van der Waals surface area (Å²) in [5.41, 5.74) is 3.20. The molecule has 2 heterocycles. The summed E-state index contributed by atoms with van der Waals surface area (Å²) in [6.45, 7) is 2.12. The van der Waals surface area contributed by atoms with Gasteiger partial charge in [0.2, 0.25) is 0 Å². The predicted molar refractivity (Wildman–Crippen MR) is 106 cm³/mol. The van der Waals surface area contributed by atoms with Crippen molar-refractivity contribution in [3.63, 3.8) is 0 Å². The van der Waals surface area contributed by atoms with Crippen LogP contribution in [0, 0.1) is 10.7 Å². The molecule has 2 aromatic heterocycles. The van der Waals surface area contributed by atoms with Crippen LogP contribution in [0.15, 0.2) is 66.0 Å². The molecule has 0 radical (unpaired) electrons. The molecule has 4 aromatic rings. The number of aromatic nitrogens is 1. The molecule has 4 nitrogen and oxygen atoms in total. The first-order valence-corrected chi connectivity index (χ1v) is 9.28. The fourth-order valence-corrected chi connectivity index (χ4v) is 3.86. The van der Waals surface area contributed by atoms with Crippen molar-refractivity contribution in [3.05, 3.63) is 77.1 Å². The topological polar surface area (TPSA) is 51.6 Å². The van der Waals surface area contributed by atoms with Gasteiger partial charge in [0.1, 0.15) is 11.4 Å². The van der Waals surface area contributed by atoms with Gasteiger partial charge >= 0.3 is 0 Å². The van der Waals surface area contributed by atoms with Crippen LogP contribution in [0.3, 0.4) is 0 Å². The number of aryl methyl sites for hydroxylation is 1. The second-order valence-corrected chi connectivity index (χ2v) is 7.04. The maximum atomic E-state index is 14.1. The van der Waals surface area contributed by atoms with Crippen LogP contribution in [0.4, 0.5) is 10.1 Å². The molecule has 0 aliphatic heterocycles. The Balaban J connectivity index is 1.71. The molecule has 134 valence electrons. The maximum Gasteiger partial charge on any atom is 0.167 e. The van der Waals surface area contributed by atoms with Crippen molar-refractivity contribution in [1.29, 1.82) is 0 Å². The summed E-state index contributed by atoms with van der Waals surface area (Å²) in [4.78, 5) is 16.0. The van der Waals surface area contributed by atoms with E-state index in [0.717, 1.165) is 33.1 Å². The van der Waals surface area contributed by atoms with E-state index < -0.39 is 5.82 Å². The van der Waals surface area contributed by atoms with E-state index in [4.69, 9.17) is 4.74 Å². The Morgan fingerprint density at radius 1 is 1.07 bits per heavy atom. The van der Waals surface area contributed by atoms with E-state index in [-0.39, 0.29) is 11.4 Å². The molecule has 0 atom stereocenters. The van der Waals surface area contributed by atoms with E-state index in [1.54, 1.807) is 23.6 Å². The van der Waals surface area contributed by atoms with Crippen LogP contribution in [0.1, 0.15) is 12.5 Å². The molecule has 0 spiro atoms. The van der Waals surface area contributed by atoms with E-state index in [1.807, 2.05) is 6.07 Å². The highest BCUT2D eigenvalue weighted by molar-refractivity contribution is 7.22. The zero-order chi connectivity index (χ0) is 18.8. The Morgan fingerprint density at radius 3 is 2.59 bits per heavy atom. The normalized spacial score (nSPS) is 10.9. The SMILES string of the molecule is CCc1ccc(-c2cc3nccc(Oc4ccc(N=O)cc4F)c3s2)cc1. The highest BCUT2D eigenvalue weighted by Gasteiger charge is 2.13. The predicted octanol–water partition coefficient (Wildman–Crippen LogP) is 6.86. The lowest BCUT2D eigenvalue weighted by molar-refractivity contribution is 0.447. The molecule has 27 heavy (non-hydrogen) atoms. The minimum absolute atomic E-state index is 0.0219. The fraction of sp³-hybridized carbons (Fsp3) is 0.0952. The molecule has 0 fully saturated rings. The zero-order valence-electron chi connectivity index (χ0n) is 14.5. The maximum absolute atomic E-state index is 14.1. The molecule has 0 saturated heterocycles. The number of thiophene rings is 1. The van der Waals surface area contributed by atoms with Crippen molar-refractivity contribution >= 4 is 27.2 Å². The van der Waals surface area contributed by atoms with E-state index in [1.165, 1.54) is 17.7 Å². The van der Waals surface area contributed by atoms with Gasteiger partial charge in [-0.05, 0) is 40.9 Å². The number of ether oxygens (including phenoxy) is 1. The first-order valence-electron chi connectivity index (χ1n) is 8.46. The Bertz CT molecular complexity index is 1120. The molecular weight excluding hydrogens is 363 g/mol. The van der Waals surface area contributed by atoms with Crippen LogP contribution < -0.4 is 4.74 Å². The van der Waals surface area contributed by atoms with E-state index in [2.05, 4.69) is 41.4 Å². The van der Waals surface area contributed by atoms with Gasteiger partial charge in [-0.3, -0.25) is 4.98 Å². The number of benzene rings is 2. The smallest absolute Gasteiger partial charge is 0.167 e. The first-order chi connectivity index (χ1) is 13.2. The average Bonchev–Trinajstić information content (AvgIpc) is 3.15. The van der Waals surface area contributed by atoms with Gasteiger partial charge in [-0.15, -0.1) is 16.2 Å². The van der Waals surface area contributed by atoms with Crippen molar-refractivity contribution in [2.45, 2.75) is 13.3 Å². The van der Waals surface area contributed by atoms with Crippen molar-refractivity contribution in [1.82, 2.24) is 4.98 Å². The molecule has 0 amide bonds. The third-order valence-electron chi connectivity index (χ3n) is 4.26. The van der Waals surface area contributed by atoms with E-state index in [9.17, 15) is 9.30 Å². The number of hydrogen-bond acceptors (Lipinski definition) is 5. The van der Waals surface area contributed by atoms with Gasteiger partial charge in [0.05, 0.1) is 10.2 Å². The van der Waals surface area contributed by atoms with E-state index in [0.29, 0.717) is 5.75 Å². The molecular formula is C21H15FN2O2S. The van der Waals surface area contributed by atoms with Crippen molar-refractivity contribution in [3.8, 4) is 21.9 Å². The van der Waals surface area contributed by atoms with Gasteiger partial charge in [-0.25, -0.2) is 4.39 Å². The van der Waals surface area contributed by atoms with Crippen LogP contribution >= 0.6 is 11.3 Å². The second-order valence-electron chi connectivity index (χ2n) is 5.99. The lowest BCUT2D eigenvalue weighted by atomic mass is 10.1. The standard InChI is InChI=1S/C21H15FN2O2S/c1-2-13-3-5-14(6-4-13)20-12-17-21(27-20)19(9-10-23-17)26-18-8-7-15(24-25)11-16(18)22/h3-12H,2H2,1H3. The van der Waals surface area contributed by atoms with Gasteiger partial charge in [-0.1, -0.05) is 31.2 Å². The molecule has 4 rings (SSSR count). The Labute approximate surface area is 159 Å². The summed E-state index contributed by atoms with van der Waals surface area (Å²) in [5.74, 6) is -0.0757. The van der Waals surface area contributed by atoms with Gasteiger partial charge in [0, 0.05) is 23.2 Å². The summed E-state index contributed by atoms with van der Waals surface area (Å²) in [7, 11) is 0. The largest absolute Gasteiger partial charge is 0.453 e. The van der Waals surface area contributed by atoms with Gasteiger partial charge < -0.3 is 4.74 Å². The van der Waals surface area contributed by atoms with Crippen LogP contribution in [0.25, 0.3) is 20.7 Å². The number of nitroso groups, excluding NO2 is 1. The molecule has 0 unspecified atom stereocenters. The molecule has 6 heteroatoms. The molecule has 0 aliphatic rings. The summed E-state index contributed by atoms with van der Waals surface area (Å²) in [6.07, 6.45) is 2.63. The first kappa shape index (κ1) is 17.3. The summed E-state index contributed by atoms with van der Waals surface area (Å²) in [5, 5.41) is 2.73. The number of nitrogens with zero attached hydrogens (tertiary/aromatic N) is 2. The third-order valence-corrected chi connectivity index (χ3v) is 5.45. The Kier molecular flexibility index (Phi) is 4.64. The van der Waals surface area contributed by atoms with Crippen molar-refractivity contribution in [2.24, 2.45) is 5.18 Å². The quantitative estimate of drug-likeness (QED) is 0.357. The molecule has 0 N–H and O–H groups in total. The number of fused-ring (bicyclic) bond motifs is 1. The van der Waals surface area contributed by atoms with Crippen molar-refractivity contribution in [2.75, 3.05) is 0 Å². The highest BCUT2D eigenvalue weighted by atomic mass is 32.1. The monoisotopic (exact) mass is 378 g/mol. The zero-order valence-corrected chi connectivity index (χ0v) is 15.3. The minimum atomic E-state index is -0.635. The lowest BCUT2D eigenvalue weighted by Crippen LogP contribution is -1.88. The number of halogens is 1. The number of pyridine rings is 1. The second kappa shape index (κ2) is 7.25. The molecule has 2 aromatic carbocycles. The Hall–Kier alpha value is -3.12. The molecule has 0 aliphatic carbocycles.